The average Bonchev–Trinajstić information content (AvgIpc) is 2.68. The Bertz CT molecular complexity index is 235. The van der Waals surface area contributed by atoms with Crippen LogP contribution in [0.2, 0.25) is 0 Å². The van der Waals surface area contributed by atoms with E-state index in [9.17, 15) is 0 Å². The first-order valence-electron chi connectivity index (χ1n) is 5.58. The third-order valence-corrected chi connectivity index (χ3v) is 3.11. The predicted octanol–water partition coefficient (Wildman–Crippen LogP) is 0.964. The van der Waals surface area contributed by atoms with Gasteiger partial charge in [-0.15, -0.1) is 0 Å². The molecule has 5 nitrogen and oxygen atoms in total. The molecule has 0 saturated carbocycles. The second-order valence-corrected chi connectivity index (χ2v) is 4.53. The van der Waals surface area contributed by atoms with Crippen LogP contribution in [0.15, 0.2) is 5.16 Å². The van der Waals surface area contributed by atoms with Gasteiger partial charge in [0.05, 0.1) is 17.9 Å². The fraction of sp³-hybridized carbons (Fsp3) is 0.909. The Hall–Kier alpha value is -0.650. The van der Waals surface area contributed by atoms with Crippen molar-refractivity contribution in [3.8, 4) is 0 Å². The van der Waals surface area contributed by atoms with Crippen LogP contribution in [-0.2, 0) is 9.47 Å². The lowest BCUT2D eigenvalue weighted by molar-refractivity contribution is -0.0386. The zero-order valence-electron chi connectivity index (χ0n) is 10.4. The Morgan fingerprint density at radius 1 is 1.38 bits per heavy atom. The van der Waals surface area contributed by atoms with Crippen molar-refractivity contribution in [3.63, 3.8) is 0 Å². The monoisotopic (exact) mass is 230 g/mol. The van der Waals surface area contributed by atoms with Crippen LogP contribution in [0.25, 0.3) is 0 Å². The Morgan fingerprint density at radius 3 is 2.38 bits per heavy atom. The van der Waals surface area contributed by atoms with Crippen molar-refractivity contribution in [3.05, 3.63) is 0 Å². The SMILES string of the molecule is CN1CCC2(CC1)CC(=NO)CO2.COC. The van der Waals surface area contributed by atoms with Crippen LogP contribution in [-0.4, -0.2) is 62.4 Å². The molecule has 0 atom stereocenters. The van der Waals surface area contributed by atoms with Gasteiger partial charge in [0.1, 0.15) is 0 Å². The Balaban J connectivity index is 0.000000386. The molecule has 0 aliphatic carbocycles. The van der Waals surface area contributed by atoms with Gasteiger partial charge in [0.25, 0.3) is 0 Å². The predicted molar refractivity (Wildman–Crippen MR) is 62.2 cm³/mol. The molecule has 2 heterocycles. The van der Waals surface area contributed by atoms with E-state index in [1.54, 1.807) is 14.2 Å². The second kappa shape index (κ2) is 6.18. The number of hydrogen-bond donors (Lipinski definition) is 1. The number of hydrogen-bond acceptors (Lipinski definition) is 5. The highest BCUT2D eigenvalue weighted by atomic mass is 16.5. The molecule has 2 saturated heterocycles. The maximum absolute atomic E-state index is 8.63. The molecule has 5 heteroatoms. The maximum Gasteiger partial charge on any atom is 0.0890 e. The first kappa shape index (κ1) is 13.4. The van der Waals surface area contributed by atoms with Crippen molar-refractivity contribution in [2.75, 3.05) is 41.0 Å². The smallest absolute Gasteiger partial charge is 0.0890 e. The largest absolute Gasteiger partial charge is 0.411 e. The van der Waals surface area contributed by atoms with Crippen molar-refractivity contribution in [1.82, 2.24) is 4.90 Å². The van der Waals surface area contributed by atoms with E-state index in [1.807, 2.05) is 0 Å². The van der Waals surface area contributed by atoms with Crippen molar-refractivity contribution in [2.45, 2.75) is 24.9 Å². The van der Waals surface area contributed by atoms with Crippen LogP contribution in [0.1, 0.15) is 19.3 Å². The molecule has 0 aromatic heterocycles. The summed E-state index contributed by atoms with van der Waals surface area (Å²) in [6.07, 6.45) is 2.93. The van der Waals surface area contributed by atoms with Crippen LogP contribution in [0.5, 0.6) is 0 Å². The summed E-state index contributed by atoms with van der Waals surface area (Å²) in [4.78, 5) is 2.31. The molecule has 1 spiro atoms. The van der Waals surface area contributed by atoms with Gasteiger partial charge in [-0.25, -0.2) is 0 Å². The highest BCUT2D eigenvalue weighted by molar-refractivity contribution is 5.87. The molecule has 94 valence electrons. The van der Waals surface area contributed by atoms with Crippen molar-refractivity contribution >= 4 is 5.71 Å². The van der Waals surface area contributed by atoms with Crippen molar-refractivity contribution < 1.29 is 14.7 Å². The number of likely N-dealkylation sites (tertiary alicyclic amines) is 1. The van der Waals surface area contributed by atoms with E-state index in [0.29, 0.717) is 6.61 Å². The summed E-state index contributed by atoms with van der Waals surface area (Å²) in [7, 11) is 5.38. The molecule has 0 radical (unpaired) electrons. The highest BCUT2D eigenvalue weighted by Gasteiger charge is 2.40. The minimum absolute atomic E-state index is 0.00588. The molecule has 0 aromatic rings. The van der Waals surface area contributed by atoms with E-state index < -0.39 is 0 Å². The minimum Gasteiger partial charge on any atom is -0.411 e. The van der Waals surface area contributed by atoms with Gasteiger partial charge in [0.2, 0.25) is 0 Å². The van der Waals surface area contributed by atoms with Crippen LogP contribution < -0.4 is 0 Å². The highest BCUT2D eigenvalue weighted by Crippen LogP contribution is 2.34. The van der Waals surface area contributed by atoms with Gasteiger partial charge in [0.15, 0.2) is 0 Å². The van der Waals surface area contributed by atoms with Gasteiger partial charge in [-0.2, -0.15) is 0 Å². The molecule has 2 rings (SSSR count). The number of nitrogens with zero attached hydrogens (tertiary/aromatic N) is 2. The molecule has 2 fully saturated rings. The minimum atomic E-state index is -0.00588. The van der Waals surface area contributed by atoms with Gasteiger partial charge in [-0.3, -0.25) is 0 Å². The summed E-state index contributed by atoms with van der Waals surface area (Å²) >= 11 is 0. The third-order valence-electron chi connectivity index (χ3n) is 3.11. The molecular weight excluding hydrogens is 208 g/mol. The van der Waals surface area contributed by atoms with Gasteiger partial charge < -0.3 is 19.6 Å². The van der Waals surface area contributed by atoms with E-state index in [2.05, 4.69) is 21.8 Å². The molecule has 0 unspecified atom stereocenters. The van der Waals surface area contributed by atoms with Crippen LogP contribution in [0, 0.1) is 0 Å². The maximum atomic E-state index is 8.63. The fourth-order valence-electron chi connectivity index (χ4n) is 2.12. The summed E-state index contributed by atoms with van der Waals surface area (Å²) in [5, 5.41) is 11.9. The molecule has 0 aromatic carbocycles. The van der Waals surface area contributed by atoms with Crippen LogP contribution >= 0.6 is 0 Å². The Labute approximate surface area is 97.0 Å². The van der Waals surface area contributed by atoms with Crippen molar-refractivity contribution in [1.29, 1.82) is 0 Å². The summed E-state index contributed by atoms with van der Waals surface area (Å²) < 4.78 is 9.97. The summed E-state index contributed by atoms with van der Waals surface area (Å²) in [5.74, 6) is 0. The quantitative estimate of drug-likeness (QED) is 0.497. The molecular formula is C11H22N2O3. The first-order chi connectivity index (χ1) is 7.65. The number of rotatable bonds is 0. The molecule has 2 aliphatic heterocycles. The molecule has 16 heavy (non-hydrogen) atoms. The molecule has 2 aliphatic rings. The van der Waals surface area contributed by atoms with Gasteiger partial charge >= 0.3 is 0 Å². The topological polar surface area (TPSA) is 54.3 Å². The van der Waals surface area contributed by atoms with Crippen LogP contribution in [0.4, 0.5) is 0 Å². The lowest BCUT2D eigenvalue weighted by Gasteiger charge is -2.36. The summed E-state index contributed by atoms with van der Waals surface area (Å²) in [5.41, 5.74) is 0.790. The van der Waals surface area contributed by atoms with Gasteiger partial charge in [0, 0.05) is 33.7 Å². The lowest BCUT2D eigenvalue weighted by atomic mass is 9.88. The Morgan fingerprint density at radius 2 is 1.94 bits per heavy atom. The van der Waals surface area contributed by atoms with Crippen LogP contribution in [0.3, 0.4) is 0 Å². The van der Waals surface area contributed by atoms with E-state index in [4.69, 9.17) is 9.94 Å². The zero-order chi connectivity index (χ0) is 12.0. The number of oxime groups is 1. The number of piperidine rings is 1. The van der Waals surface area contributed by atoms with E-state index in [0.717, 1.165) is 38.1 Å². The average molecular weight is 230 g/mol. The van der Waals surface area contributed by atoms with Crippen molar-refractivity contribution in [2.24, 2.45) is 5.16 Å². The lowest BCUT2D eigenvalue weighted by Crippen LogP contribution is -2.42. The first-order valence-corrected chi connectivity index (χ1v) is 5.58. The second-order valence-electron chi connectivity index (χ2n) is 4.53. The number of ether oxygens (including phenoxy) is 2. The van der Waals surface area contributed by atoms with Gasteiger partial charge in [-0.05, 0) is 19.9 Å². The Kier molecular flexibility index (Phi) is 5.18. The fourth-order valence-corrected chi connectivity index (χ4v) is 2.12. The third kappa shape index (κ3) is 3.43. The van der Waals surface area contributed by atoms with E-state index in [1.165, 1.54) is 0 Å². The molecule has 0 bridgehead atoms. The number of methoxy groups -OCH3 is 1. The van der Waals surface area contributed by atoms with Gasteiger partial charge in [-0.1, -0.05) is 5.16 Å². The van der Waals surface area contributed by atoms with E-state index in [-0.39, 0.29) is 5.60 Å². The molecule has 1 N–H and O–H groups in total. The zero-order valence-corrected chi connectivity index (χ0v) is 10.4. The summed E-state index contributed by atoms with van der Waals surface area (Å²) in [6, 6.07) is 0. The standard InChI is InChI=1S/C9H16N2O2.C2H6O/c1-11-4-2-9(3-5-11)6-8(10-12)7-13-9;1-3-2/h12H,2-7H2,1H3;1-2H3. The molecule has 0 amide bonds. The normalized spacial score (nSPS) is 26.8. The summed E-state index contributed by atoms with van der Waals surface area (Å²) in [6.45, 7) is 2.68. The van der Waals surface area contributed by atoms with E-state index >= 15 is 0 Å².